The lowest BCUT2D eigenvalue weighted by molar-refractivity contribution is -0.114. The fourth-order valence-corrected chi connectivity index (χ4v) is 3.61. The molecule has 0 saturated carbocycles. The maximum atomic E-state index is 12.5. The number of benzene rings is 2. The molecule has 0 spiro atoms. The Kier molecular flexibility index (Phi) is 8.04. The molecule has 7 nitrogen and oxygen atoms in total. The van der Waals surface area contributed by atoms with Crippen molar-refractivity contribution in [3.05, 3.63) is 48.0 Å². The number of nitrogens with one attached hydrogen (secondary N) is 3. The van der Waals surface area contributed by atoms with E-state index < -0.39 is 10.0 Å². The zero-order valence-corrected chi connectivity index (χ0v) is 18.3. The molecule has 3 N–H and O–H groups in total. The number of hydrogen-bond acceptors (Lipinski definition) is 5. The molecule has 0 radical (unpaired) electrons. The summed E-state index contributed by atoms with van der Waals surface area (Å²) in [6.45, 7) is 4.81. The summed E-state index contributed by atoms with van der Waals surface area (Å²) in [5, 5.41) is 9.24. The highest BCUT2D eigenvalue weighted by Gasteiger charge is 2.19. The third-order valence-electron chi connectivity index (χ3n) is 4.47. The lowest BCUT2D eigenvalue weighted by Gasteiger charge is -2.17. The summed E-state index contributed by atoms with van der Waals surface area (Å²) in [6.07, 6.45) is 2.03. The van der Waals surface area contributed by atoms with Gasteiger partial charge in [-0.1, -0.05) is 31.5 Å². The van der Waals surface area contributed by atoms with Gasteiger partial charge in [-0.2, -0.15) is 0 Å². The first-order valence-electron chi connectivity index (χ1n) is 9.65. The molecule has 0 fully saturated rings. The van der Waals surface area contributed by atoms with Crippen LogP contribution < -0.4 is 16.0 Å². The van der Waals surface area contributed by atoms with Crippen molar-refractivity contribution in [3.63, 3.8) is 0 Å². The second-order valence-electron chi connectivity index (χ2n) is 6.99. The van der Waals surface area contributed by atoms with Gasteiger partial charge in [0.15, 0.2) is 0 Å². The number of sulfonamides is 1. The Morgan fingerprint density at radius 2 is 1.72 bits per heavy atom. The third-order valence-corrected chi connectivity index (χ3v) is 6.29. The van der Waals surface area contributed by atoms with Crippen molar-refractivity contribution >= 4 is 33.0 Å². The van der Waals surface area contributed by atoms with Gasteiger partial charge in [-0.15, -0.1) is 0 Å². The summed E-state index contributed by atoms with van der Waals surface area (Å²) in [5.74, 6) is -0.209. The van der Waals surface area contributed by atoms with Gasteiger partial charge in [-0.05, 0) is 43.2 Å². The van der Waals surface area contributed by atoms with E-state index in [0.29, 0.717) is 5.69 Å². The van der Waals surface area contributed by atoms with Crippen molar-refractivity contribution < 1.29 is 13.2 Å². The van der Waals surface area contributed by atoms with Crippen LogP contribution in [0.15, 0.2) is 47.4 Å². The van der Waals surface area contributed by atoms with Gasteiger partial charge in [0.05, 0.1) is 22.8 Å². The predicted molar refractivity (Wildman–Crippen MR) is 119 cm³/mol. The molecule has 0 atom stereocenters. The fraction of sp³-hybridized carbons (Fsp3) is 0.381. The van der Waals surface area contributed by atoms with Crippen molar-refractivity contribution in [2.45, 2.75) is 31.6 Å². The number of hydrogen-bond donors (Lipinski definition) is 3. The minimum Gasteiger partial charge on any atom is -0.383 e. The Labute approximate surface area is 173 Å². The van der Waals surface area contributed by atoms with E-state index in [9.17, 15) is 13.2 Å². The summed E-state index contributed by atoms with van der Waals surface area (Å²) >= 11 is 0. The molecular formula is C21H30N4O3S. The number of carbonyl (C=O) groups excluding carboxylic acids is 1. The highest BCUT2D eigenvalue weighted by atomic mass is 32.2. The van der Waals surface area contributed by atoms with E-state index in [1.807, 2.05) is 31.2 Å². The standard InChI is InChI=1S/C21H30N4O3S/c1-5-6-13-22-19-12-11-17(29(27,28)25(3)4)14-20(19)23-15-21(26)24-18-10-8-7-9-16(18)2/h7-12,14,22-23H,5-6,13,15H2,1-4H3,(H,24,26). The number of unbranched alkanes of at least 4 members (excludes halogenated alkanes) is 1. The first-order valence-corrected chi connectivity index (χ1v) is 11.1. The molecule has 2 aromatic carbocycles. The van der Waals surface area contributed by atoms with Gasteiger partial charge in [0.25, 0.3) is 0 Å². The maximum Gasteiger partial charge on any atom is 0.243 e. The highest BCUT2D eigenvalue weighted by Crippen LogP contribution is 2.27. The van der Waals surface area contributed by atoms with Gasteiger partial charge in [0, 0.05) is 26.3 Å². The van der Waals surface area contributed by atoms with Gasteiger partial charge < -0.3 is 16.0 Å². The van der Waals surface area contributed by atoms with E-state index >= 15 is 0 Å². The zero-order chi connectivity index (χ0) is 21.4. The quantitative estimate of drug-likeness (QED) is 0.514. The Balaban J connectivity index is 2.18. The molecule has 0 aromatic heterocycles. The van der Waals surface area contributed by atoms with Crippen LogP contribution in [0.4, 0.5) is 17.1 Å². The van der Waals surface area contributed by atoms with E-state index in [1.165, 1.54) is 18.4 Å². The van der Waals surface area contributed by atoms with Crippen LogP contribution in [0.1, 0.15) is 25.3 Å². The Bertz CT molecular complexity index is 943. The molecule has 0 unspecified atom stereocenters. The molecule has 0 aliphatic heterocycles. The Morgan fingerprint density at radius 3 is 2.38 bits per heavy atom. The minimum atomic E-state index is -3.57. The largest absolute Gasteiger partial charge is 0.383 e. The minimum absolute atomic E-state index is 0.0161. The highest BCUT2D eigenvalue weighted by molar-refractivity contribution is 7.89. The number of para-hydroxylation sites is 1. The molecule has 0 aliphatic rings. The molecular weight excluding hydrogens is 388 g/mol. The van der Waals surface area contributed by atoms with Gasteiger partial charge >= 0.3 is 0 Å². The van der Waals surface area contributed by atoms with E-state index in [4.69, 9.17) is 0 Å². The molecule has 0 aliphatic carbocycles. The number of carbonyl (C=O) groups is 1. The van der Waals surface area contributed by atoms with Crippen molar-refractivity contribution in [2.75, 3.05) is 43.1 Å². The van der Waals surface area contributed by atoms with E-state index in [2.05, 4.69) is 22.9 Å². The van der Waals surface area contributed by atoms with Crippen LogP contribution >= 0.6 is 0 Å². The second kappa shape index (κ2) is 10.3. The van der Waals surface area contributed by atoms with Crippen LogP contribution in [0, 0.1) is 6.92 Å². The van der Waals surface area contributed by atoms with Crippen LogP contribution in [0.25, 0.3) is 0 Å². The van der Waals surface area contributed by atoms with Crippen molar-refractivity contribution in [1.82, 2.24) is 4.31 Å². The van der Waals surface area contributed by atoms with E-state index in [1.54, 1.807) is 18.2 Å². The molecule has 0 heterocycles. The maximum absolute atomic E-state index is 12.5. The van der Waals surface area contributed by atoms with Gasteiger partial charge in [-0.25, -0.2) is 12.7 Å². The zero-order valence-electron chi connectivity index (χ0n) is 17.5. The van der Waals surface area contributed by atoms with Crippen molar-refractivity contribution in [1.29, 1.82) is 0 Å². The second-order valence-corrected chi connectivity index (χ2v) is 9.14. The average Bonchev–Trinajstić information content (AvgIpc) is 2.68. The van der Waals surface area contributed by atoms with Gasteiger partial charge in [-0.3, -0.25) is 4.79 Å². The molecule has 8 heteroatoms. The van der Waals surface area contributed by atoms with E-state index in [0.717, 1.165) is 36.3 Å². The number of nitrogens with zero attached hydrogens (tertiary/aromatic N) is 1. The Morgan fingerprint density at radius 1 is 1.00 bits per heavy atom. The monoisotopic (exact) mass is 418 g/mol. The van der Waals surface area contributed by atoms with E-state index in [-0.39, 0.29) is 17.3 Å². The summed E-state index contributed by atoms with van der Waals surface area (Å²) in [6, 6.07) is 12.4. The molecule has 2 aromatic rings. The van der Waals surface area contributed by atoms with Crippen LogP contribution in [0.5, 0.6) is 0 Å². The van der Waals surface area contributed by atoms with Crippen LogP contribution in [0.3, 0.4) is 0 Å². The number of amides is 1. The smallest absolute Gasteiger partial charge is 0.243 e. The molecule has 0 saturated heterocycles. The lowest BCUT2D eigenvalue weighted by Crippen LogP contribution is -2.24. The summed E-state index contributed by atoms with van der Waals surface area (Å²) in [5.41, 5.74) is 3.06. The molecule has 1 amide bonds. The third kappa shape index (κ3) is 6.20. The molecule has 2 rings (SSSR count). The number of rotatable bonds is 10. The number of aryl methyl sites for hydroxylation is 1. The first-order chi connectivity index (χ1) is 13.8. The normalized spacial score (nSPS) is 11.3. The Hall–Kier alpha value is -2.58. The van der Waals surface area contributed by atoms with Crippen molar-refractivity contribution in [2.24, 2.45) is 0 Å². The molecule has 158 valence electrons. The average molecular weight is 419 g/mol. The topological polar surface area (TPSA) is 90.5 Å². The van der Waals surface area contributed by atoms with Crippen molar-refractivity contribution in [3.8, 4) is 0 Å². The van der Waals surface area contributed by atoms with Gasteiger partial charge in [0.1, 0.15) is 0 Å². The summed E-state index contributed by atoms with van der Waals surface area (Å²) in [7, 11) is -0.586. The summed E-state index contributed by atoms with van der Waals surface area (Å²) in [4.78, 5) is 12.6. The van der Waals surface area contributed by atoms with Crippen LogP contribution in [-0.4, -0.2) is 45.8 Å². The summed E-state index contributed by atoms with van der Waals surface area (Å²) < 4.78 is 26.1. The first kappa shape index (κ1) is 22.7. The lowest BCUT2D eigenvalue weighted by atomic mass is 10.2. The van der Waals surface area contributed by atoms with Gasteiger partial charge in [0.2, 0.25) is 15.9 Å². The molecule has 29 heavy (non-hydrogen) atoms. The fourth-order valence-electron chi connectivity index (χ4n) is 2.68. The van der Waals surface area contributed by atoms with Crippen LogP contribution in [0.2, 0.25) is 0 Å². The predicted octanol–water partition coefficient (Wildman–Crippen LogP) is 3.51. The SMILES string of the molecule is CCCCNc1ccc(S(=O)(=O)N(C)C)cc1NCC(=O)Nc1ccccc1C. The number of anilines is 3. The molecule has 0 bridgehead atoms. The van der Waals surface area contributed by atoms with Crippen LogP contribution in [-0.2, 0) is 14.8 Å².